The van der Waals surface area contributed by atoms with Crippen LogP contribution in [0.15, 0.2) is 24.3 Å². The molecular weight excluding hydrogens is 312 g/mol. The molecule has 25 heavy (non-hydrogen) atoms. The number of ether oxygens (including phenoxy) is 1. The van der Waals surface area contributed by atoms with Gasteiger partial charge in [0, 0.05) is 38.8 Å². The first-order valence-electron chi connectivity index (χ1n) is 9.77. The Morgan fingerprint density at radius 1 is 1.08 bits per heavy atom. The predicted molar refractivity (Wildman–Crippen MR) is 101 cm³/mol. The number of hydrogen-bond donors (Lipinski definition) is 0. The van der Waals surface area contributed by atoms with Gasteiger partial charge >= 0.3 is 0 Å². The third kappa shape index (κ3) is 3.89. The van der Waals surface area contributed by atoms with Gasteiger partial charge in [-0.25, -0.2) is 4.98 Å². The van der Waals surface area contributed by atoms with E-state index in [1.54, 1.807) is 0 Å². The molecule has 2 aromatic rings. The Labute approximate surface area is 150 Å². The van der Waals surface area contributed by atoms with E-state index < -0.39 is 0 Å². The van der Waals surface area contributed by atoms with E-state index in [9.17, 15) is 0 Å². The second-order valence-corrected chi connectivity index (χ2v) is 7.40. The molecule has 1 aromatic heterocycles. The van der Waals surface area contributed by atoms with Crippen molar-refractivity contribution in [1.82, 2.24) is 19.4 Å². The molecule has 1 unspecified atom stereocenters. The van der Waals surface area contributed by atoms with Crippen LogP contribution in [0.25, 0.3) is 11.0 Å². The summed E-state index contributed by atoms with van der Waals surface area (Å²) >= 11 is 0. The zero-order valence-electron chi connectivity index (χ0n) is 15.4. The van der Waals surface area contributed by atoms with Crippen molar-refractivity contribution in [3.05, 3.63) is 30.1 Å². The highest BCUT2D eigenvalue weighted by atomic mass is 16.5. The van der Waals surface area contributed by atoms with Gasteiger partial charge in [-0.05, 0) is 38.4 Å². The van der Waals surface area contributed by atoms with Crippen LogP contribution in [0.4, 0.5) is 0 Å². The van der Waals surface area contributed by atoms with E-state index in [0.717, 1.165) is 50.7 Å². The van der Waals surface area contributed by atoms with Crippen molar-refractivity contribution in [2.45, 2.75) is 38.8 Å². The molecular formula is C20H30N4O. The maximum atomic E-state index is 5.50. The van der Waals surface area contributed by atoms with E-state index in [1.807, 2.05) is 0 Å². The summed E-state index contributed by atoms with van der Waals surface area (Å²) in [6, 6.07) is 9.18. The van der Waals surface area contributed by atoms with E-state index >= 15 is 0 Å². The van der Waals surface area contributed by atoms with Crippen molar-refractivity contribution in [1.29, 1.82) is 0 Å². The zero-order valence-corrected chi connectivity index (χ0v) is 15.4. The van der Waals surface area contributed by atoms with Crippen LogP contribution in [0.3, 0.4) is 0 Å². The quantitative estimate of drug-likeness (QED) is 0.836. The smallest absolute Gasteiger partial charge is 0.106 e. The second kappa shape index (κ2) is 7.85. The van der Waals surface area contributed by atoms with Gasteiger partial charge in [0.15, 0.2) is 0 Å². The normalized spacial score (nSPS) is 23.3. The minimum Gasteiger partial charge on any atom is -0.379 e. The lowest BCUT2D eigenvalue weighted by atomic mass is 10.0. The zero-order chi connectivity index (χ0) is 17.1. The molecule has 0 radical (unpaired) electrons. The van der Waals surface area contributed by atoms with E-state index in [0.29, 0.717) is 6.04 Å². The fraction of sp³-hybridized carbons (Fsp3) is 0.650. The van der Waals surface area contributed by atoms with Crippen molar-refractivity contribution < 1.29 is 4.74 Å². The van der Waals surface area contributed by atoms with Crippen LogP contribution in [0.5, 0.6) is 0 Å². The lowest BCUT2D eigenvalue weighted by molar-refractivity contribution is 0.0162. The number of imidazole rings is 1. The Morgan fingerprint density at radius 2 is 1.92 bits per heavy atom. The minimum atomic E-state index is 0.696. The maximum Gasteiger partial charge on any atom is 0.106 e. The van der Waals surface area contributed by atoms with Gasteiger partial charge in [-0.15, -0.1) is 0 Å². The molecule has 5 heteroatoms. The maximum absolute atomic E-state index is 5.50. The number of piperidine rings is 1. The number of rotatable bonds is 5. The first kappa shape index (κ1) is 17.0. The van der Waals surface area contributed by atoms with Gasteiger partial charge in [0.25, 0.3) is 0 Å². The van der Waals surface area contributed by atoms with Gasteiger partial charge < -0.3 is 9.30 Å². The van der Waals surface area contributed by atoms with Crippen LogP contribution in [0, 0.1) is 6.92 Å². The molecule has 0 aliphatic carbocycles. The summed E-state index contributed by atoms with van der Waals surface area (Å²) in [5.41, 5.74) is 2.38. The van der Waals surface area contributed by atoms with Crippen LogP contribution in [0.2, 0.25) is 0 Å². The van der Waals surface area contributed by atoms with Crippen LogP contribution >= 0.6 is 0 Å². The van der Waals surface area contributed by atoms with Crippen molar-refractivity contribution in [3.8, 4) is 0 Å². The van der Waals surface area contributed by atoms with Gasteiger partial charge in [-0.1, -0.05) is 18.6 Å². The monoisotopic (exact) mass is 342 g/mol. The molecule has 0 saturated carbocycles. The van der Waals surface area contributed by atoms with Crippen LogP contribution in [-0.2, 0) is 11.3 Å². The number of para-hydroxylation sites is 2. The van der Waals surface area contributed by atoms with Gasteiger partial charge in [0.05, 0.1) is 24.2 Å². The number of morpholine rings is 1. The lowest BCUT2D eigenvalue weighted by Gasteiger charge is -2.39. The molecule has 1 atom stereocenters. The highest BCUT2D eigenvalue weighted by molar-refractivity contribution is 5.75. The first-order valence-corrected chi connectivity index (χ1v) is 9.77. The molecule has 2 aliphatic rings. The average molecular weight is 342 g/mol. The van der Waals surface area contributed by atoms with E-state index in [1.165, 1.54) is 37.9 Å². The molecule has 0 bridgehead atoms. The van der Waals surface area contributed by atoms with E-state index in [2.05, 4.69) is 45.6 Å². The molecule has 5 nitrogen and oxygen atoms in total. The predicted octanol–water partition coefficient (Wildman–Crippen LogP) is 2.53. The third-order valence-corrected chi connectivity index (χ3v) is 5.78. The number of aryl methyl sites for hydroxylation is 1. The number of fused-ring (bicyclic) bond motifs is 1. The number of aromatic nitrogens is 2. The van der Waals surface area contributed by atoms with Crippen LogP contribution in [-0.4, -0.2) is 71.3 Å². The van der Waals surface area contributed by atoms with Crippen molar-refractivity contribution >= 4 is 11.0 Å². The molecule has 1 aromatic carbocycles. The van der Waals surface area contributed by atoms with E-state index in [-0.39, 0.29) is 0 Å². The SMILES string of the molecule is Cc1nc2ccccc2n1CCN1CCCCC1CN1CCOCC1. The topological polar surface area (TPSA) is 33.5 Å². The Kier molecular flexibility index (Phi) is 5.34. The highest BCUT2D eigenvalue weighted by Crippen LogP contribution is 2.20. The summed E-state index contributed by atoms with van der Waals surface area (Å²) in [6.45, 7) is 10.7. The molecule has 2 aliphatic heterocycles. The summed E-state index contributed by atoms with van der Waals surface area (Å²) in [5, 5.41) is 0. The lowest BCUT2D eigenvalue weighted by Crippen LogP contribution is -2.50. The van der Waals surface area contributed by atoms with Gasteiger partial charge in [0.2, 0.25) is 0 Å². The minimum absolute atomic E-state index is 0.696. The molecule has 0 amide bonds. The molecule has 136 valence electrons. The largest absolute Gasteiger partial charge is 0.379 e. The fourth-order valence-electron chi connectivity index (χ4n) is 4.35. The highest BCUT2D eigenvalue weighted by Gasteiger charge is 2.25. The average Bonchev–Trinajstić information content (AvgIpc) is 2.97. The number of likely N-dealkylation sites (tertiary alicyclic amines) is 1. The van der Waals surface area contributed by atoms with Crippen LogP contribution in [0.1, 0.15) is 25.1 Å². The van der Waals surface area contributed by atoms with Crippen molar-refractivity contribution in [2.24, 2.45) is 0 Å². The Balaban J connectivity index is 1.41. The molecule has 2 fully saturated rings. The molecule has 4 rings (SSSR count). The summed E-state index contributed by atoms with van der Waals surface area (Å²) in [6.07, 6.45) is 4.04. The van der Waals surface area contributed by atoms with Gasteiger partial charge in [-0.2, -0.15) is 0 Å². The summed E-state index contributed by atoms with van der Waals surface area (Å²) in [4.78, 5) is 10.0. The van der Waals surface area contributed by atoms with Crippen molar-refractivity contribution in [3.63, 3.8) is 0 Å². The first-order chi connectivity index (χ1) is 12.3. The Morgan fingerprint density at radius 3 is 2.80 bits per heavy atom. The van der Waals surface area contributed by atoms with Gasteiger partial charge in [-0.3, -0.25) is 9.80 Å². The summed E-state index contributed by atoms with van der Waals surface area (Å²) < 4.78 is 7.89. The third-order valence-electron chi connectivity index (χ3n) is 5.78. The standard InChI is InChI=1S/C20H30N4O/c1-17-21-19-7-2-3-8-20(19)24(17)11-10-23-9-5-4-6-18(23)16-22-12-14-25-15-13-22/h2-3,7-8,18H,4-6,9-16H2,1H3. The molecule has 0 N–H and O–H groups in total. The number of hydrogen-bond acceptors (Lipinski definition) is 4. The Bertz CT molecular complexity index is 692. The second-order valence-electron chi connectivity index (χ2n) is 7.40. The van der Waals surface area contributed by atoms with E-state index in [4.69, 9.17) is 9.72 Å². The molecule has 3 heterocycles. The summed E-state index contributed by atoms with van der Waals surface area (Å²) in [5.74, 6) is 1.13. The summed E-state index contributed by atoms with van der Waals surface area (Å²) in [7, 11) is 0. The number of nitrogens with zero attached hydrogens (tertiary/aromatic N) is 4. The van der Waals surface area contributed by atoms with Gasteiger partial charge in [0.1, 0.15) is 5.82 Å². The van der Waals surface area contributed by atoms with Crippen LogP contribution < -0.4 is 0 Å². The molecule has 0 spiro atoms. The van der Waals surface area contributed by atoms with Crippen molar-refractivity contribution in [2.75, 3.05) is 45.9 Å². The fourth-order valence-corrected chi connectivity index (χ4v) is 4.35. The Hall–Kier alpha value is -1.43. The number of benzene rings is 1. The molecule has 2 saturated heterocycles.